The maximum Gasteiger partial charge on any atom is 3.00 e. The van der Waals surface area contributed by atoms with Crippen LogP contribution in [0.3, 0.4) is 0 Å². The van der Waals surface area contributed by atoms with E-state index in [2.05, 4.69) is 0 Å². The van der Waals surface area contributed by atoms with Gasteiger partial charge in [0.2, 0.25) is 24.6 Å². The zero-order valence-corrected chi connectivity index (χ0v) is 11.7. The van der Waals surface area contributed by atoms with Gasteiger partial charge in [0.05, 0.1) is 0 Å². The van der Waals surface area contributed by atoms with Crippen LogP contribution < -0.4 is 50.0 Å². The summed E-state index contributed by atoms with van der Waals surface area (Å²) < 4.78 is 0. The summed E-state index contributed by atoms with van der Waals surface area (Å²) in [7, 11) is 0. The van der Waals surface area contributed by atoms with Gasteiger partial charge in [0, 0.05) is 0 Å². The van der Waals surface area contributed by atoms with Gasteiger partial charge in [0.15, 0.2) is 0 Å². The summed E-state index contributed by atoms with van der Waals surface area (Å²) >= 11 is 0. The third-order valence-corrected chi connectivity index (χ3v) is 0. The van der Waals surface area contributed by atoms with Crippen LogP contribution in [0, 0.1) is 0 Å². The molecule has 0 amide bonds. The number of rotatable bonds is 0. The first-order chi connectivity index (χ1) is 6.93. The number of carbonyl (C=O) groups is 4. The van der Waals surface area contributed by atoms with Gasteiger partial charge in [-0.25, -0.2) is 0 Å². The quantitative estimate of drug-likeness (QED) is 0.304. The van der Waals surface area contributed by atoms with Crippen LogP contribution >= 0.6 is 0 Å². The van der Waals surface area contributed by atoms with E-state index in [1.807, 2.05) is 0 Å². The number of hydrogen-bond acceptors (Lipinski definition) is 8. The third kappa shape index (κ3) is 1410. The normalized spacial score (nSPS) is 5.33. The summed E-state index contributed by atoms with van der Waals surface area (Å²) in [5.41, 5.74) is 0. The van der Waals surface area contributed by atoms with Crippen LogP contribution in [-0.4, -0.2) is 45.0 Å². The molecule has 0 spiro atoms. The van der Waals surface area contributed by atoms with Crippen LogP contribution in [0.5, 0.6) is 0 Å². The third-order valence-electron chi connectivity index (χ3n) is 0. The van der Waals surface area contributed by atoms with E-state index in [0.717, 1.165) is 0 Å². The molecule has 0 aliphatic carbocycles. The van der Waals surface area contributed by atoms with Crippen LogP contribution in [-0.2, 0) is 17.4 Å². The Morgan fingerprint density at radius 1 is 0.556 bits per heavy atom. The minimum absolute atomic E-state index is 0. The molecule has 0 rings (SSSR count). The largest absolute Gasteiger partial charge is 3.00 e. The van der Waals surface area contributed by atoms with E-state index in [0.29, 0.717) is 0 Å². The predicted octanol–water partition coefficient (Wildman–Crippen LogP) is -7.45. The molecule has 0 aliphatic rings. The fraction of sp³-hybridized carbons (Fsp3) is 0. The second-order valence-electron chi connectivity index (χ2n) is 1.06. The molecule has 99 valence electrons. The maximum atomic E-state index is 8.44. The maximum absolute atomic E-state index is 8.44. The molecular formula is C4H4CrNaO12. The standard InChI is InChI=1S/4CH2O3.Cr.Na/c4*2-1(3)4;;/h4*(H2,2,3,4);;/q;;;;+3;+1/p-4. The summed E-state index contributed by atoms with van der Waals surface area (Å²) in [6.45, 7) is 0. The van der Waals surface area contributed by atoms with Gasteiger partial charge in [-0.3, -0.25) is 0 Å². The molecule has 0 unspecified atom stereocenters. The second kappa shape index (κ2) is 29.6. The second-order valence-corrected chi connectivity index (χ2v) is 1.06. The van der Waals surface area contributed by atoms with Crippen LogP contribution in [0.15, 0.2) is 0 Å². The Morgan fingerprint density at radius 2 is 0.556 bits per heavy atom. The fourth-order valence-electron chi connectivity index (χ4n) is 0. The van der Waals surface area contributed by atoms with E-state index in [-0.39, 0.29) is 46.9 Å². The Bertz CT molecular complexity index is 164. The van der Waals surface area contributed by atoms with Crippen LogP contribution in [0.4, 0.5) is 19.2 Å². The van der Waals surface area contributed by atoms with E-state index >= 15 is 0 Å². The van der Waals surface area contributed by atoms with Gasteiger partial charge in [-0.15, -0.1) is 0 Å². The molecule has 1 radical (unpaired) electrons. The van der Waals surface area contributed by atoms with Crippen molar-refractivity contribution < 1.29 is 107 Å². The molecule has 18 heavy (non-hydrogen) atoms. The average molecular weight is 319 g/mol. The van der Waals surface area contributed by atoms with E-state index in [4.69, 9.17) is 60.0 Å². The summed E-state index contributed by atoms with van der Waals surface area (Å²) in [6, 6.07) is 0. The summed E-state index contributed by atoms with van der Waals surface area (Å²) in [5, 5.41) is 61.2. The smallest absolute Gasteiger partial charge is 0.565 e. The van der Waals surface area contributed by atoms with Crippen LogP contribution in [0.25, 0.3) is 0 Å². The summed E-state index contributed by atoms with van der Waals surface area (Å²) in [4.78, 5) is 33.8. The molecule has 0 aromatic heterocycles. The molecule has 0 bridgehead atoms. The molecule has 0 aliphatic heterocycles. The molecule has 0 saturated carbocycles. The molecule has 0 heterocycles. The van der Waals surface area contributed by atoms with Crippen molar-refractivity contribution in [3.05, 3.63) is 0 Å². The first-order valence-corrected chi connectivity index (χ1v) is 2.53. The first kappa shape index (κ1) is 36.0. The average Bonchev–Trinajstić information content (AvgIpc) is 1.76. The van der Waals surface area contributed by atoms with E-state index in [1.165, 1.54) is 0 Å². The van der Waals surface area contributed by atoms with Crippen molar-refractivity contribution in [3.63, 3.8) is 0 Å². The van der Waals surface area contributed by atoms with Crippen molar-refractivity contribution in [2.24, 2.45) is 0 Å². The fourth-order valence-corrected chi connectivity index (χ4v) is 0. The minimum atomic E-state index is -2.08. The predicted molar refractivity (Wildman–Crippen MR) is 32.1 cm³/mol. The van der Waals surface area contributed by atoms with Crippen molar-refractivity contribution in [3.8, 4) is 0 Å². The van der Waals surface area contributed by atoms with Gasteiger partial charge in [-0.2, -0.15) is 0 Å². The molecule has 0 aromatic rings. The Morgan fingerprint density at radius 3 is 0.556 bits per heavy atom. The molecule has 0 fully saturated rings. The Labute approximate surface area is 131 Å². The molecule has 12 nitrogen and oxygen atoms in total. The van der Waals surface area contributed by atoms with Gasteiger partial charge < -0.3 is 60.0 Å². The summed E-state index contributed by atoms with van der Waals surface area (Å²) in [6.07, 6.45) is -8.33. The van der Waals surface area contributed by atoms with Gasteiger partial charge in [0.25, 0.3) is 0 Å². The topological polar surface area (TPSA) is 241 Å². The van der Waals surface area contributed by atoms with Gasteiger partial charge >= 0.3 is 46.9 Å². The van der Waals surface area contributed by atoms with E-state index in [1.54, 1.807) is 0 Å². The van der Waals surface area contributed by atoms with Crippen LogP contribution in [0.2, 0.25) is 0 Å². The SMILES string of the molecule is O=C([O-])O.O=C([O-])O.O=C([O-])O.O=C([O-])O.[Cr+3].[Na+]. The zero-order chi connectivity index (χ0) is 14.3. The van der Waals surface area contributed by atoms with Crippen molar-refractivity contribution in [2.45, 2.75) is 0 Å². The zero-order valence-electron chi connectivity index (χ0n) is 8.46. The molecule has 0 saturated heterocycles. The molecule has 4 N–H and O–H groups in total. The van der Waals surface area contributed by atoms with Crippen molar-refractivity contribution in [2.75, 3.05) is 0 Å². The van der Waals surface area contributed by atoms with E-state index in [9.17, 15) is 0 Å². The molecule has 0 atom stereocenters. The van der Waals surface area contributed by atoms with Gasteiger partial charge in [0.1, 0.15) is 0 Å². The van der Waals surface area contributed by atoms with Crippen molar-refractivity contribution in [1.29, 1.82) is 0 Å². The number of carboxylic acid groups (broad SMARTS) is 8. The Hall–Kier alpha value is -1.39. The van der Waals surface area contributed by atoms with Gasteiger partial charge in [-0.1, -0.05) is 0 Å². The Balaban J connectivity index is -0.0000000257. The molecule has 14 heteroatoms. The monoisotopic (exact) mass is 319 g/mol. The van der Waals surface area contributed by atoms with E-state index < -0.39 is 24.6 Å². The summed E-state index contributed by atoms with van der Waals surface area (Å²) in [5.74, 6) is 0. The Kier molecular flexibility index (Phi) is 59.1. The molecular weight excluding hydrogens is 315 g/mol. The first-order valence-electron chi connectivity index (χ1n) is 2.53. The van der Waals surface area contributed by atoms with Gasteiger partial charge in [-0.05, 0) is 0 Å². The van der Waals surface area contributed by atoms with Crippen LogP contribution in [0.1, 0.15) is 0 Å². The number of hydrogen-bond donors (Lipinski definition) is 4. The van der Waals surface area contributed by atoms with Crippen molar-refractivity contribution >= 4 is 24.6 Å². The van der Waals surface area contributed by atoms with Crippen molar-refractivity contribution in [1.82, 2.24) is 0 Å². The molecule has 0 aromatic carbocycles. The minimum Gasteiger partial charge on any atom is -0.565 e.